The number of nitrogens with zero attached hydrogens (tertiary/aromatic N) is 4. The van der Waals surface area contributed by atoms with Crippen molar-refractivity contribution in [1.29, 1.82) is 0 Å². The Morgan fingerprint density at radius 2 is 2.17 bits per heavy atom. The number of rotatable bonds is 3. The second kappa shape index (κ2) is 5.44. The predicted octanol–water partition coefficient (Wildman–Crippen LogP) is 2.66. The third kappa shape index (κ3) is 2.55. The van der Waals surface area contributed by atoms with E-state index in [9.17, 15) is 4.79 Å². The molecule has 1 aliphatic rings. The first kappa shape index (κ1) is 13.8. The molecule has 0 bridgehead atoms. The van der Waals surface area contributed by atoms with Gasteiger partial charge in [0.1, 0.15) is 11.5 Å². The van der Waals surface area contributed by atoms with Crippen molar-refractivity contribution in [3.8, 4) is 0 Å². The van der Waals surface area contributed by atoms with Crippen molar-refractivity contribution in [2.75, 3.05) is 16.8 Å². The molecule has 1 amide bonds. The van der Waals surface area contributed by atoms with Crippen molar-refractivity contribution >= 4 is 34.8 Å². The van der Waals surface area contributed by atoms with E-state index in [1.165, 1.54) is 6.20 Å². The fourth-order valence-corrected chi connectivity index (χ4v) is 2.82. The van der Waals surface area contributed by atoms with Crippen LogP contribution in [0.15, 0.2) is 42.6 Å². The summed E-state index contributed by atoms with van der Waals surface area (Å²) in [7, 11) is 0. The number of fused-ring (bicyclic) bond motifs is 1. The molecule has 0 atom stereocenters. The van der Waals surface area contributed by atoms with Gasteiger partial charge in [-0.2, -0.15) is 10.2 Å². The fourth-order valence-electron chi connectivity index (χ4n) is 2.63. The third-order valence-corrected chi connectivity index (χ3v) is 3.91. The first-order valence-electron chi connectivity index (χ1n) is 7.12. The topological polar surface area (TPSA) is 78.8 Å². The van der Waals surface area contributed by atoms with Gasteiger partial charge < -0.3 is 10.2 Å². The van der Waals surface area contributed by atoms with Crippen LogP contribution < -0.4 is 10.2 Å². The number of carbonyl (C=O) groups excluding carboxylic acids is 1. The molecule has 3 aromatic rings. The minimum atomic E-state index is -0.270. The first-order chi connectivity index (χ1) is 11.2. The van der Waals surface area contributed by atoms with Gasteiger partial charge in [-0.25, -0.2) is 4.68 Å². The van der Waals surface area contributed by atoms with Crippen LogP contribution in [-0.4, -0.2) is 32.4 Å². The second-order valence-electron chi connectivity index (χ2n) is 5.17. The molecule has 2 aromatic heterocycles. The largest absolute Gasteiger partial charge is 0.325 e. The molecule has 116 valence electrons. The zero-order chi connectivity index (χ0) is 15.8. The van der Waals surface area contributed by atoms with Crippen LogP contribution in [0.25, 0.3) is 0 Å². The highest BCUT2D eigenvalue weighted by atomic mass is 35.5. The van der Waals surface area contributed by atoms with Crippen molar-refractivity contribution in [2.45, 2.75) is 6.54 Å². The number of aromatic amines is 1. The quantitative estimate of drug-likeness (QED) is 0.774. The molecule has 0 aliphatic carbocycles. The molecular weight excluding hydrogens is 316 g/mol. The van der Waals surface area contributed by atoms with Gasteiger partial charge in [0.25, 0.3) is 5.91 Å². The zero-order valence-electron chi connectivity index (χ0n) is 12.0. The number of halogens is 1. The molecule has 0 saturated heterocycles. The summed E-state index contributed by atoms with van der Waals surface area (Å²) in [5.74, 6) is 1.16. The standard InChI is InChI=1S/C15H13ClN6O/c16-10-2-1-3-11(8-10)21-6-7-22-14(21)9-13(20-22)18-15(23)12-4-5-17-19-12/h1-5,8-9H,6-7H2,(H,17,19)(H,18,20,23). The molecule has 0 radical (unpaired) electrons. The van der Waals surface area contributed by atoms with Crippen LogP contribution in [0.5, 0.6) is 0 Å². The molecule has 1 aromatic carbocycles. The van der Waals surface area contributed by atoms with Crippen LogP contribution in [0.3, 0.4) is 0 Å². The number of aromatic nitrogens is 4. The van der Waals surface area contributed by atoms with Crippen molar-refractivity contribution in [2.24, 2.45) is 0 Å². The van der Waals surface area contributed by atoms with Crippen LogP contribution in [0.2, 0.25) is 5.02 Å². The maximum Gasteiger partial charge on any atom is 0.274 e. The lowest BCUT2D eigenvalue weighted by molar-refractivity contribution is 0.102. The van der Waals surface area contributed by atoms with E-state index < -0.39 is 0 Å². The molecular formula is C15H13ClN6O. The van der Waals surface area contributed by atoms with E-state index in [4.69, 9.17) is 11.6 Å². The molecule has 0 unspecified atom stereocenters. The number of H-pyrrole nitrogens is 1. The van der Waals surface area contributed by atoms with E-state index in [1.54, 1.807) is 6.07 Å². The molecule has 1 aliphatic heterocycles. The summed E-state index contributed by atoms with van der Waals surface area (Å²) in [6.07, 6.45) is 1.53. The number of hydrogen-bond donors (Lipinski definition) is 2. The highest BCUT2D eigenvalue weighted by Gasteiger charge is 2.23. The average molecular weight is 329 g/mol. The minimum absolute atomic E-state index is 0.270. The predicted molar refractivity (Wildman–Crippen MR) is 87.2 cm³/mol. The van der Waals surface area contributed by atoms with Crippen LogP contribution in [0.1, 0.15) is 10.5 Å². The van der Waals surface area contributed by atoms with Gasteiger partial charge in [0, 0.05) is 29.5 Å². The fraction of sp³-hybridized carbons (Fsp3) is 0.133. The maximum absolute atomic E-state index is 12.0. The summed E-state index contributed by atoms with van der Waals surface area (Å²) in [5.41, 5.74) is 1.40. The molecule has 3 heterocycles. The molecule has 0 saturated carbocycles. The average Bonchev–Trinajstić information content (AvgIpc) is 3.23. The van der Waals surface area contributed by atoms with Crippen molar-refractivity contribution in [3.63, 3.8) is 0 Å². The number of anilines is 3. The highest BCUT2D eigenvalue weighted by Crippen LogP contribution is 2.33. The normalized spacial score (nSPS) is 13.2. The summed E-state index contributed by atoms with van der Waals surface area (Å²) in [4.78, 5) is 14.2. The van der Waals surface area contributed by atoms with E-state index in [1.807, 2.05) is 35.0 Å². The highest BCUT2D eigenvalue weighted by molar-refractivity contribution is 6.30. The van der Waals surface area contributed by atoms with Gasteiger partial charge in [-0.15, -0.1) is 0 Å². The summed E-state index contributed by atoms with van der Waals surface area (Å²) >= 11 is 6.07. The molecule has 4 rings (SSSR count). The molecule has 7 nitrogen and oxygen atoms in total. The lowest BCUT2D eigenvalue weighted by Crippen LogP contribution is -2.15. The van der Waals surface area contributed by atoms with Crippen LogP contribution in [0, 0.1) is 0 Å². The number of carbonyl (C=O) groups is 1. The Kier molecular flexibility index (Phi) is 3.27. The Morgan fingerprint density at radius 3 is 2.96 bits per heavy atom. The maximum atomic E-state index is 12.0. The van der Waals surface area contributed by atoms with Gasteiger partial charge in [-0.1, -0.05) is 17.7 Å². The lowest BCUT2D eigenvalue weighted by atomic mass is 10.3. The first-order valence-corrected chi connectivity index (χ1v) is 7.50. The number of benzene rings is 1. The smallest absolute Gasteiger partial charge is 0.274 e. The Labute approximate surface area is 136 Å². The van der Waals surface area contributed by atoms with E-state index >= 15 is 0 Å². The second-order valence-corrected chi connectivity index (χ2v) is 5.60. The lowest BCUT2D eigenvalue weighted by Gasteiger charge is -2.16. The SMILES string of the molecule is O=C(Nc1cc2n(n1)CCN2c1cccc(Cl)c1)c1ccn[nH]1. The zero-order valence-corrected chi connectivity index (χ0v) is 12.8. The van der Waals surface area contributed by atoms with Gasteiger partial charge in [0.2, 0.25) is 0 Å². The number of nitrogens with one attached hydrogen (secondary N) is 2. The monoisotopic (exact) mass is 328 g/mol. The van der Waals surface area contributed by atoms with Crippen molar-refractivity contribution in [1.82, 2.24) is 20.0 Å². The van der Waals surface area contributed by atoms with Gasteiger partial charge >= 0.3 is 0 Å². The molecule has 2 N–H and O–H groups in total. The molecule has 23 heavy (non-hydrogen) atoms. The van der Waals surface area contributed by atoms with Gasteiger partial charge in [-0.3, -0.25) is 9.89 Å². The summed E-state index contributed by atoms with van der Waals surface area (Å²) < 4.78 is 1.86. The Bertz CT molecular complexity index is 857. The van der Waals surface area contributed by atoms with Gasteiger partial charge in [0.05, 0.1) is 6.54 Å². The van der Waals surface area contributed by atoms with Gasteiger partial charge in [-0.05, 0) is 24.3 Å². The summed E-state index contributed by atoms with van der Waals surface area (Å²) in [6.45, 7) is 1.57. The minimum Gasteiger partial charge on any atom is -0.325 e. The van der Waals surface area contributed by atoms with Gasteiger partial charge in [0.15, 0.2) is 5.82 Å². The van der Waals surface area contributed by atoms with E-state index in [2.05, 4.69) is 25.5 Å². The molecule has 8 heteroatoms. The molecule has 0 fully saturated rings. The Hall–Kier alpha value is -2.80. The van der Waals surface area contributed by atoms with Crippen molar-refractivity contribution in [3.05, 3.63) is 53.3 Å². The Morgan fingerprint density at radius 1 is 1.26 bits per heavy atom. The van der Waals surface area contributed by atoms with E-state index in [0.717, 1.165) is 24.6 Å². The number of amides is 1. The van der Waals surface area contributed by atoms with E-state index in [0.29, 0.717) is 16.5 Å². The number of hydrogen-bond acceptors (Lipinski definition) is 4. The molecule has 0 spiro atoms. The summed E-state index contributed by atoms with van der Waals surface area (Å²) in [6, 6.07) is 11.1. The van der Waals surface area contributed by atoms with Crippen LogP contribution in [-0.2, 0) is 6.54 Å². The third-order valence-electron chi connectivity index (χ3n) is 3.68. The van der Waals surface area contributed by atoms with Crippen molar-refractivity contribution < 1.29 is 4.79 Å². The Balaban J connectivity index is 1.58. The van der Waals surface area contributed by atoms with E-state index in [-0.39, 0.29) is 5.91 Å². The van der Waals surface area contributed by atoms with Crippen LogP contribution >= 0.6 is 11.6 Å². The van der Waals surface area contributed by atoms with Crippen LogP contribution in [0.4, 0.5) is 17.3 Å². The summed E-state index contributed by atoms with van der Waals surface area (Å²) in [5, 5.41) is 14.3.